The third-order valence-electron chi connectivity index (χ3n) is 4.09. The Morgan fingerprint density at radius 3 is 2.65 bits per heavy atom. The molecule has 0 aliphatic carbocycles. The molecule has 0 bridgehead atoms. The Morgan fingerprint density at radius 1 is 1.30 bits per heavy atom. The first-order valence-corrected chi connectivity index (χ1v) is 7.60. The summed E-state index contributed by atoms with van der Waals surface area (Å²) in [4.78, 5) is 2.51. The number of piperidine rings is 1. The molecule has 1 aromatic carbocycles. The number of aromatic hydroxyl groups is 2. The van der Waals surface area contributed by atoms with Crippen LogP contribution in [0.3, 0.4) is 0 Å². The molecule has 1 saturated heterocycles. The summed E-state index contributed by atoms with van der Waals surface area (Å²) in [7, 11) is 0. The van der Waals surface area contributed by atoms with Gasteiger partial charge in [-0.05, 0) is 64.0 Å². The van der Waals surface area contributed by atoms with Crippen molar-refractivity contribution >= 4 is 0 Å². The molecule has 112 valence electrons. The van der Waals surface area contributed by atoms with E-state index in [9.17, 15) is 10.2 Å². The Kier molecular flexibility index (Phi) is 5.26. The third kappa shape index (κ3) is 3.87. The van der Waals surface area contributed by atoms with E-state index in [1.165, 1.54) is 19.0 Å². The summed E-state index contributed by atoms with van der Waals surface area (Å²) in [5, 5.41) is 23.0. The fourth-order valence-corrected chi connectivity index (χ4v) is 2.97. The number of rotatable bonds is 5. The minimum Gasteiger partial charge on any atom is -0.508 e. The zero-order valence-corrected chi connectivity index (χ0v) is 12.5. The highest BCUT2D eigenvalue weighted by Crippen LogP contribution is 2.28. The molecule has 0 saturated carbocycles. The predicted octanol–water partition coefficient (Wildman–Crippen LogP) is 2.62. The summed E-state index contributed by atoms with van der Waals surface area (Å²) in [5.41, 5.74) is 0.765. The van der Waals surface area contributed by atoms with E-state index in [-0.39, 0.29) is 17.5 Å². The molecule has 0 spiro atoms. The van der Waals surface area contributed by atoms with Gasteiger partial charge in [0, 0.05) is 17.6 Å². The molecular weight excluding hydrogens is 252 g/mol. The highest BCUT2D eigenvalue weighted by Gasteiger charge is 2.21. The van der Waals surface area contributed by atoms with Gasteiger partial charge in [-0.2, -0.15) is 0 Å². The third-order valence-corrected chi connectivity index (χ3v) is 4.09. The first-order valence-electron chi connectivity index (χ1n) is 7.60. The molecule has 1 aliphatic rings. The van der Waals surface area contributed by atoms with Gasteiger partial charge in [-0.15, -0.1) is 0 Å². The highest BCUT2D eigenvalue weighted by molar-refractivity contribution is 5.40. The van der Waals surface area contributed by atoms with Crippen LogP contribution >= 0.6 is 0 Å². The minimum atomic E-state index is 0.0461. The lowest BCUT2D eigenvalue weighted by atomic mass is 10.0. The second-order valence-electron chi connectivity index (χ2n) is 5.75. The Morgan fingerprint density at radius 2 is 2.00 bits per heavy atom. The summed E-state index contributed by atoms with van der Waals surface area (Å²) in [6.07, 6.45) is 3.50. The van der Waals surface area contributed by atoms with Crippen molar-refractivity contribution < 1.29 is 10.2 Å². The molecule has 0 aromatic heterocycles. The number of hydrogen-bond acceptors (Lipinski definition) is 4. The van der Waals surface area contributed by atoms with Crippen LogP contribution in [-0.2, 0) is 0 Å². The lowest BCUT2D eigenvalue weighted by Crippen LogP contribution is -2.43. The molecule has 1 aromatic rings. The average Bonchev–Trinajstić information content (AvgIpc) is 2.44. The average molecular weight is 278 g/mol. The molecule has 4 nitrogen and oxygen atoms in total. The van der Waals surface area contributed by atoms with E-state index in [0.717, 1.165) is 31.5 Å². The molecule has 1 heterocycles. The van der Waals surface area contributed by atoms with E-state index in [1.54, 1.807) is 12.1 Å². The van der Waals surface area contributed by atoms with Gasteiger partial charge in [0.2, 0.25) is 0 Å². The Hall–Kier alpha value is -1.26. The highest BCUT2D eigenvalue weighted by atomic mass is 16.3. The summed E-state index contributed by atoms with van der Waals surface area (Å²) in [6, 6.07) is 5.23. The number of nitrogens with zero attached hydrogens (tertiary/aromatic N) is 1. The fraction of sp³-hybridized carbons (Fsp3) is 0.625. The maximum atomic E-state index is 9.89. The smallest absolute Gasteiger partial charge is 0.120 e. The van der Waals surface area contributed by atoms with Crippen LogP contribution in [0.25, 0.3) is 0 Å². The normalized spacial score (nSPS) is 19.1. The molecule has 1 fully saturated rings. The van der Waals surface area contributed by atoms with Crippen molar-refractivity contribution in [1.82, 2.24) is 10.2 Å². The topological polar surface area (TPSA) is 55.7 Å². The largest absolute Gasteiger partial charge is 0.508 e. The van der Waals surface area contributed by atoms with Gasteiger partial charge in [0.05, 0.1) is 0 Å². The lowest BCUT2D eigenvalue weighted by Gasteiger charge is -2.34. The van der Waals surface area contributed by atoms with Crippen molar-refractivity contribution in [3.63, 3.8) is 0 Å². The van der Waals surface area contributed by atoms with Crippen molar-refractivity contribution in [1.29, 1.82) is 0 Å². The monoisotopic (exact) mass is 278 g/mol. The SMILES string of the molecule is CCCN1CCC(NC(C)c2cc(O)ccc2O)CC1. The van der Waals surface area contributed by atoms with Gasteiger partial charge in [0.25, 0.3) is 0 Å². The van der Waals surface area contributed by atoms with E-state index in [0.29, 0.717) is 6.04 Å². The summed E-state index contributed by atoms with van der Waals surface area (Å²) < 4.78 is 0. The van der Waals surface area contributed by atoms with Gasteiger partial charge < -0.3 is 20.4 Å². The van der Waals surface area contributed by atoms with Crippen LogP contribution in [0.1, 0.15) is 44.7 Å². The molecule has 1 atom stereocenters. The van der Waals surface area contributed by atoms with Crippen molar-refractivity contribution in [2.75, 3.05) is 19.6 Å². The van der Waals surface area contributed by atoms with Gasteiger partial charge in [0.15, 0.2) is 0 Å². The van der Waals surface area contributed by atoms with Gasteiger partial charge in [-0.25, -0.2) is 0 Å². The number of phenols is 2. The first-order chi connectivity index (χ1) is 9.60. The van der Waals surface area contributed by atoms with Crippen LogP contribution in [0, 0.1) is 0 Å². The van der Waals surface area contributed by atoms with Crippen LogP contribution in [0.2, 0.25) is 0 Å². The standard InChI is InChI=1S/C16H26N2O2/c1-3-8-18-9-6-13(7-10-18)17-12(2)15-11-14(19)4-5-16(15)20/h4-5,11-13,17,19-20H,3,6-10H2,1-2H3. The van der Waals surface area contributed by atoms with Crippen LogP contribution in [0.5, 0.6) is 11.5 Å². The fourth-order valence-electron chi connectivity index (χ4n) is 2.97. The number of benzene rings is 1. The second-order valence-corrected chi connectivity index (χ2v) is 5.75. The summed E-state index contributed by atoms with van der Waals surface area (Å²) >= 11 is 0. The van der Waals surface area contributed by atoms with Crippen molar-refractivity contribution in [3.8, 4) is 11.5 Å². The van der Waals surface area contributed by atoms with E-state index < -0.39 is 0 Å². The van der Waals surface area contributed by atoms with Gasteiger partial charge in [-0.3, -0.25) is 0 Å². The van der Waals surface area contributed by atoms with Crippen molar-refractivity contribution in [3.05, 3.63) is 23.8 Å². The molecule has 2 rings (SSSR count). The van der Waals surface area contributed by atoms with Crippen LogP contribution in [-0.4, -0.2) is 40.8 Å². The Balaban J connectivity index is 1.89. The number of likely N-dealkylation sites (tertiary alicyclic amines) is 1. The van der Waals surface area contributed by atoms with Gasteiger partial charge >= 0.3 is 0 Å². The molecular formula is C16H26N2O2. The minimum absolute atomic E-state index is 0.0461. The molecule has 0 radical (unpaired) electrons. The zero-order valence-electron chi connectivity index (χ0n) is 12.5. The van der Waals surface area contributed by atoms with Crippen molar-refractivity contribution in [2.24, 2.45) is 0 Å². The van der Waals surface area contributed by atoms with Crippen LogP contribution < -0.4 is 5.32 Å². The maximum Gasteiger partial charge on any atom is 0.120 e. The lowest BCUT2D eigenvalue weighted by molar-refractivity contribution is 0.192. The zero-order chi connectivity index (χ0) is 14.5. The number of hydrogen-bond donors (Lipinski definition) is 3. The van der Waals surface area contributed by atoms with Crippen LogP contribution in [0.15, 0.2) is 18.2 Å². The Labute approximate surface area is 121 Å². The number of nitrogens with one attached hydrogen (secondary N) is 1. The van der Waals surface area contributed by atoms with Crippen molar-refractivity contribution in [2.45, 2.75) is 45.2 Å². The van der Waals surface area contributed by atoms with Gasteiger partial charge in [-0.1, -0.05) is 6.92 Å². The molecule has 4 heteroatoms. The molecule has 20 heavy (non-hydrogen) atoms. The Bertz CT molecular complexity index is 428. The molecule has 1 unspecified atom stereocenters. The van der Waals surface area contributed by atoms with Gasteiger partial charge in [0.1, 0.15) is 11.5 Å². The van der Waals surface area contributed by atoms with E-state index in [2.05, 4.69) is 17.1 Å². The predicted molar refractivity (Wildman–Crippen MR) is 81.1 cm³/mol. The molecule has 0 amide bonds. The van der Waals surface area contributed by atoms with E-state index in [1.807, 2.05) is 6.92 Å². The van der Waals surface area contributed by atoms with Crippen LogP contribution in [0.4, 0.5) is 0 Å². The quantitative estimate of drug-likeness (QED) is 0.725. The first kappa shape index (κ1) is 15.1. The van der Waals surface area contributed by atoms with E-state index in [4.69, 9.17) is 0 Å². The molecule has 1 aliphatic heterocycles. The molecule has 3 N–H and O–H groups in total. The maximum absolute atomic E-state index is 9.89. The second kappa shape index (κ2) is 6.95. The summed E-state index contributed by atoms with van der Waals surface area (Å²) in [5.74, 6) is 0.440. The summed E-state index contributed by atoms with van der Waals surface area (Å²) in [6.45, 7) is 7.73. The number of phenolic OH excluding ortho intramolecular Hbond substituents is 2. The van der Waals surface area contributed by atoms with E-state index >= 15 is 0 Å².